The predicted molar refractivity (Wildman–Crippen MR) is 91.1 cm³/mol. The second kappa shape index (κ2) is 10.6. The maximum absolute atomic E-state index is 12.1. The van der Waals surface area contributed by atoms with Gasteiger partial charge in [-0.25, -0.2) is 4.79 Å². The second-order valence-electron chi connectivity index (χ2n) is 5.32. The first-order valence-corrected chi connectivity index (χ1v) is 8.26. The fourth-order valence-corrected chi connectivity index (χ4v) is 2.21. The zero-order chi connectivity index (χ0) is 17.9. The first-order chi connectivity index (χ1) is 11.5. The molecular weight excluding hydrogens is 310 g/mol. The number of rotatable bonds is 10. The molecule has 0 unspecified atom stereocenters. The van der Waals surface area contributed by atoms with E-state index in [0.29, 0.717) is 24.5 Å². The quantitative estimate of drug-likeness (QED) is 0.665. The standard InChI is InChI=1S/C18H27NO5/c1-5-15(6-2)19-17(20)12-24-18(21)13-8-9-16(22-4)14(10-13)11-23-7-3/h8-10,15H,5-7,11-12H2,1-4H3,(H,19,20). The van der Waals surface area contributed by atoms with E-state index in [4.69, 9.17) is 14.2 Å². The van der Waals surface area contributed by atoms with Gasteiger partial charge in [-0.2, -0.15) is 0 Å². The van der Waals surface area contributed by atoms with Crippen LogP contribution in [0.5, 0.6) is 5.75 Å². The summed E-state index contributed by atoms with van der Waals surface area (Å²) in [5.41, 5.74) is 1.12. The Labute approximate surface area is 143 Å². The lowest BCUT2D eigenvalue weighted by molar-refractivity contribution is -0.125. The predicted octanol–water partition coefficient (Wildman–Crippen LogP) is 2.69. The minimum absolute atomic E-state index is 0.106. The van der Waals surface area contributed by atoms with Crippen LogP contribution in [0.3, 0.4) is 0 Å². The van der Waals surface area contributed by atoms with Gasteiger partial charge >= 0.3 is 5.97 Å². The molecule has 24 heavy (non-hydrogen) atoms. The summed E-state index contributed by atoms with van der Waals surface area (Å²) in [4.78, 5) is 23.9. The molecule has 134 valence electrons. The fraction of sp³-hybridized carbons (Fsp3) is 0.556. The van der Waals surface area contributed by atoms with E-state index < -0.39 is 5.97 Å². The van der Waals surface area contributed by atoms with Gasteiger partial charge in [-0.3, -0.25) is 4.79 Å². The molecule has 1 amide bonds. The van der Waals surface area contributed by atoms with Crippen LogP contribution in [0.15, 0.2) is 18.2 Å². The minimum Gasteiger partial charge on any atom is -0.496 e. The van der Waals surface area contributed by atoms with Gasteiger partial charge in [-0.1, -0.05) is 13.8 Å². The molecule has 0 atom stereocenters. The summed E-state index contributed by atoms with van der Waals surface area (Å²) in [6.45, 7) is 6.50. The molecule has 1 N–H and O–H groups in total. The van der Waals surface area contributed by atoms with Gasteiger partial charge < -0.3 is 19.5 Å². The normalized spacial score (nSPS) is 10.5. The molecule has 0 aromatic heterocycles. The molecule has 0 saturated carbocycles. The van der Waals surface area contributed by atoms with Gasteiger partial charge in [0.2, 0.25) is 0 Å². The van der Waals surface area contributed by atoms with Gasteiger partial charge in [0.15, 0.2) is 6.61 Å². The van der Waals surface area contributed by atoms with Gasteiger partial charge in [0.25, 0.3) is 5.91 Å². The van der Waals surface area contributed by atoms with E-state index in [1.54, 1.807) is 25.3 Å². The highest BCUT2D eigenvalue weighted by molar-refractivity contribution is 5.91. The van der Waals surface area contributed by atoms with Crippen LogP contribution in [-0.4, -0.2) is 38.2 Å². The van der Waals surface area contributed by atoms with Crippen LogP contribution in [0, 0.1) is 0 Å². The van der Waals surface area contributed by atoms with E-state index >= 15 is 0 Å². The Morgan fingerprint density at radius 3 is 2.46 bits per heavy atom. The Balaban J connectivity index is 2.65. The number of hydrogen-bond acceptors (Lipinski definition) is 5. The number of hydrogen-bond donors (Lipinski definition) is 1. The molecule has 1 aromatic rings. The first kappa shape index (κ1) is 20.0. The Morgan fingerprint density at radius 2 is 1.88 bits per heavy atom. The van der Waals surface area contributed by atoms with E-state index in [1.165, 1.54) is 0 Å². The third kappa shape index (κ3) is 6.20. The summed E-state index contributed by atoms with van der Waals surface area (Å²) in [5, 5.41) is 2.82. The number of amides is 1. The van der Waals surface area contributed by atoms with Crippen LogP contribution < -0.4 is 10.1 Å². The molecule has 0 aliphatic rings. The van der Waals surface area contributed by atoms with E-state index in [9.17, 15) is 9.59 Å². The Kier molecular flexibility index (Phi) is 8.86. The number of carbonyl (C=O) groups excluding carboxylic acids is 2. The SMILES string of the molecule is CCOCc1cc(C(=O)OCC(=O)NC(CC)CC)ccc1OC. The van der Waals surface area contributed by atoms with Crippen molar-refractivity contribution in [2.24, 2.45) is 0 Å². The number of methoxy groups -OCH3 is 1. The van der Waals surface area contributed by atoms with Crippen molar-refractivity contribution in [3.8, 4) is 5.75 Å². The van der Waals surface area contributed by atoms with Gasteiger partial charge in [-0.05, 0) is 38.0 Å². The Morgan fingerprint density at radius 1 is 1.17 bits per heavy atom. The maximum Gasteiger partial charge on any atom is 0.338 e. The molecule has 1 rings (SSSR count). The van der Waals surface area contributed by atoms with Crippen LogP contribution in [0.1, 0.15) is 49.5 Å². The molecule has 0 fully saturated rings. The number of carbonyl (C=O) groups is 2. The molecule has 0 saturated heterocycles. The van der Waals surface area contributed by atoms with Crippen molar-refractivity contribution in [1.29, 1.82) is 0 Å². The van der Waals surface area contributed by atoms with Gasteiger partial charge in [0.1, 0.15) is 5.75 Å². The summed E-state index contributed by atoms with van der Waals surface area (Å²) < 4.78 is 15.7. The monoisotopic (exact) mass is 337 g/mol. The third-order valence-electron chi connectivity index (χ3n) is 3.66. The fourth-order valence-electron chi connectivity index (χ4n) is 2.21. The molecule has 0 bridgehead atoms. The van der Waals surface area contributed by atoms with Crippen LogP contribution in [0.4, 0.5) is 0 Å². The highest BCUT2D eigenvalue weighted by atomic mass is 16.5. The Bertz CT molecular complexity index is 540. The van der Waals surface area contributed by atoms with E-state index in [-0.39, 0.29) is 18.6 Å². The van der Waals surface area contributed by atoms with Crippen molar-refractivity contribution in [3.05, 3.63) is 29.3 Å². The molecule has 0 radical (unpaired) electrons. The highest BCUT2D eigenvalue weighted by Gasteiger charge is 2.14. The maximum atomic E-state index is 12.1. The number of ether oxygens (including phenoxy) is 3. The lowest BCUT2D eigenvalue weighted by Crippen LogP contribution is -2.36. The molecule has 0 heterocycles. The largest absolute Gasteiger partial charge is 0.496 e. The number of nitrogens with one attached hydrogen (secondary N) is 1. The van der Waals surface area contributed by atoms with Crippen molar-refractivity contribution in [1.82, 2.24) is 5.32 Å². The van der Waals surface area contributed by atoms with E-state index in [0.717, 1.165) is 18.4 Å². The lowest BCUT2D eigenvalue weighted by Gasteiger charge is -2.15. The van der Waals surface area contributed by atoms with Crippen LogP contribution >= 0.6 is 0 Å². The Hall–Kier alpha value is -2.08. The topological polar surface area (TPSA) is 73.9 Å². The summed E-state index contributed by atoms with van der Waals surface area (Å²) in [7, 11) is 1.56. The molecule has 6 heteroatoms. The van der Waals surface area contributed by atoms with Crippen LogP contribution in [-0.2, 0) is 20.9 Å². The summed E-state index contributed by atoms with van der Waals surface area (Å²) in [5.74, 6) is -0.193. The number of esters is 1. The van der Waals surface area contributed by atoms with Crippen LogP contribution in [0.2, 0.25) is 0 Å². The van der Waals surface area contributed by atoms with E-state index in [2.05, 4.69) is 5.32 Å². The molecule has 0 aliphatic heterocycles. The third-order valence-corrected chi connectivity index (χ3v) is 3.66. The van der Waals surface area contributed by atoms with Crippen molar-refractivity contribution in [2.45, 2.75) is 46.3 Å². The van der Waals surface area contributed by atoms with Crippen molar-refractivity contribution >= 4 is 11.9 Å². The van der Waals surface area contributed by atoms with E-state index in [1.807, 2.05) is 20.8 Å². The van der Waals surface area contributed by atoms with Gasteiger partial charge in [-0.15, -0.1) is 0 Å². The second-order valence-corrected chi connectivity index (χ2v) is 5.32. The smallest absolute Gasteiger partial charge is 0.338 e. The molecule has 6 nitrogen and oxygen atoms in total. The molecule has 0 spiro atoms. The average Bonchev–Trinajstić information content (AvgIpc) is 2.61. The summed E-state index contributed by atoms with van der Waals surface area (Å²) in [6.07, 6.45) is 1.69. The zero-order valence-electron chi connectivity index (χ0n) is 14.9. The summed E-state index contributed by atoms with van der Waals surface area (Å²) >= 11 is 0. The van der Waals surface area contributed by atoms with Crippen molar-refractivity contribution in [2.75, 3.05) is 20.3 Å². The van der Waals surface area contributed by atoms with Gasteiger partial charge in [0, 0.05) is 18.2 Å². The lowest BCUT2D eigenvalue weighted by atomic mass is 10.1. The summed E-state index contributed by atoms with van der Waals surface area (Å²) in [6, 6.07) is 5.07. The van der Waals surface area contributed by atoms with Crippen molar-refractivity contribution in [3.63, 3.8) is 0 Å². The van der Waals surface area contributed by atoms with Crippen molar-refractivity contribution < 1.29 is 23.8 Å². The minimum atomic E-state index is -0.546. The zero-order valence-corrected chi connectivity index (χ0v) is 14.9. The highest BCUT2D eigenvalue weighted by Crippen LogP contribution is 2.21. The molecule has 0 aliphatic carbocycles. The van der Waals surface area contributed by atoms with Gasteiger partial charge in [0.05, 0.1) is 19.3 Å². The number of benzene rings is 1. The molecular formula is C18H27NO5. The first-order valence-electron chi connectivity index (χ1n) is 8.26. The van der Waals surface area contributed by atoms with Crippen LogP contribution in [0.25, 0.3) is 0 Å². The molecule has 1 aromatic carbocycles. The average molecular weight is 337 g/mol.